The summed E-state index contributed by atoms with van der Waals surface area (Å²) >= 11 is 0. The predicted molar refractivity (Wildman–Crippen MR) is 141 cm³/mol. The van der Waals surface area contributed by atoms with E-state index in [2.05, 4.69) is 0 Å². The van der Waals surface area contributed by atoms with Gasteiger partial charge in [-0.1, -0.05) is 55.5 Å². The Kier molecular flexibility index (Phi) is 7.85. The zero-order valence-electron chi connectivity index (χ0n) is 20.7. The summed E-state index contributed by atoms with van der Waals surface area (Å²) in [5, 5.41) is 39.7. The molecule has 0 aromatic heterocycles. The Morgan fingerprint density at radius 1 is 0.595 bits per heavy atom. The van der Waals surface area contributed by atoms with Crippen LogP contribution in [0.25, 0.3) is 0 Å². The summed E-state index contributed by atoms with van der Waals surface area (Å²) in [5.74, 6) is 0.465. The molecule has 1 unspecified atom stereocenters. The highest BCUT2D eigenvalue weighted by molar-refractivity contribution is 6.60. The van der Waals surface area contributed by atoms with Crippen LogP contribution in [0, 0.1) is 0 Å². The van der Waals surface area contributed by atoms with E-state index in [0.717, 1.165) is 5.56 Å². The molecule has 1 atom stereocenters. The van der Waals surface area contributed by atoms with E-state index >= 15 is 0 Å². The van der Waals surface area contributed by atoms with Crippen molar-refractivity contribution in [2.24, 2.45) is 0 Å². The van der Waals surface area contributed by atoms with Crippen LogP contribution in [0.5, 0.6) is 23.0 Å². The lowest BCUT2D eigenvalue weighted by Gasteiger charge is -2.42. The van der Waals surface area contributed by atoms with Crippen LogP contribution in [0.2, 0.25) is 6.04 Å². The van der Waals surface area contributed by atoms with Crippen molar-refractivity contribution in [3.05, 3.63) is 119 Å². The fourth-order valence-electron chi connectivity index (χ4n) is 4.23. The summed E-state index contributed by atoms with van der Waals surface area (Å²) in [5.41, 5.74) is 1.64. The van der Waals surface area contributed by atoms with Gasteiger partial charge in [0.15, 0.2) is 0 Å². The fraction of sp³-hybridized carbons (Fsp3) is 0.172. The first-order valence-corrected chi connectivity index (χ1v) is 13.8. The number of hydrogen-bond donors (Lipinski definition) is 4. The molecule has 4 rings (SSSR count). The standard InChI is InChI=1S/C29H30O7Si/c1-3-37(34-2,35-20-21-4-12-25(30)13-5-21)36-29(22-6-14-26(31)15-7-22,23-8-16-27(32)17-9-23)24-10-18-28(33)19-11-24/h4-19,30-33H,3,20H2,1-2H3. The predicted octanol–water partition coefficient (Wildman–Crippen LogP) is 5.64. The zero-order chi connectivity index (χ0) is 26.5. The molecule has 4 aromatic rings. The lowest BCUT2D eigenvalue weighted by Crippen LogP contribution is -2.51. The first kappa shape index (κ1) is 26.2. The lowest BCUT2D eigenvalue weighted by atomic mass is 9.80. The smallest absolute Gasteiger partial charge is 0.501 e. The SMILES string of the molecule is CC[Si](OC)(OCc1ccc(O)cc1)OC(c1ccc(O)cc1)(c1ccc(O)cc1)c1ccc(O)cc1. The summed E-state index contributed by atoms with van der Waals surface area (Å²) in [6, 6.07) is 27.2. The normalized spacial score (nSPS) is 13.2. The molecular weight excluding hydrogens is 488 g/mol. The molecule has 0 aliphatic carbocycles. The van der Waals surface area contributed by atoms with Gasteiger partial charge >= 0.3 is 8.80 Å². The first-order valence-electron chi connectivity index (χ1n) is 11.9. The molecule has 0 aliphatic heterocycles. The number of hydrogen-bond acceptors (Lipinski definition) is 7. The second-order valence-electron chi connectivity index (χ2n) is 8.62. The van der Waals surface area contributed by atoms with Gasteiger partial charge in [-0.05, 0) is 70.8 Å². The molecule has 0 aliphatic rings. The number of rotatable bonds is 10. The molecule has 0 radical (unpaired) electrons. The van der Waals surface area contributed by atoms with Gasteiger partial charge in [0, 0.05) is 13.2 Å². The van der Waals surface area contributed by atoms with Crippen molar-refractivity contribution in [3.8, 4) is 23.0 Å². The molecule has 0 fully saturated rings. The van der Waals surface area contributed by atoms with Gasteiger partial charge < -0.3 is 33.7 Å². The number of benzene rings is 4. The summed E-state index contributed by atoms with van der Waals surface area (Å²) < 4.78 is 19.5. The van der Waals surface area contributed by atoms with Gasteiger partial charge in [0.1, 0.15) is 28.6 Å². The van der Waals surface area contributed by atoms with Crippen LogP contribution in [0.4, 0.5) is 0 Å². The third kappa shape index (κ3) is 5.62. The monoisotopic (exact) mass is 518 g/mol. The summed E-state index contributed by atoms with van der Waals surface area (Å²) in [7, 11) is -1.86. The Balaban J connectivity index is 1.89. The van der Waals surface area contributed by atoms with Crippen LogP contribution in [0.3, 0.4) is 0 Å². The fourth-order valence-corrected chi connectivity index (χ4v) is 6.34. The van der Waals surface area contributed by atoms with Crippen molar-refractivity contribution in [3.63, 3.8) is 0 Å². The van der Waals surface area contributed by atoms with Gasteiger partial charge in [0.05, 0.1) is 6.61 Å². The van der Waals surface area contributed by atoms with Crippen molar-refractivity contribution < 1.29 is 33.7 Å². The summed E-state index contributed by atoms with van der Waals surface area (Å²) in [6.07, 6.45) is 0. The summed E-state index contributed by atoms with van der Waals surface area (Å²) in [4.78, 5) is 0. The van der Waals surface area contributed by atoms with Gasteiger partial charge in [0.25, 0.3) is 0 Å². The van der Waals surface area contributed by atoms with Gasteiger partial charge in [-0.2, -0.15) is 0 Å². The highest BCUT2D eigenvalue weighted by atomic mass is 28.4. The second-order valence-corrected chi connectivity index (χ2v) is 11.6. The van der Waals surface area contributed by atoms with Gasteiger partial charge in [-0.15, -0.1) is 0 Å². The van der Waals surface area contributed by atoms with E-state index in [1.165, 1.54) is 0 Å². The highest BCUT2D eigenvalue weighted by Crippen LogP contribution is 2.45. The molecule has 0 saturated heterocycles. The second kappa shape index (κ2) is 11.1. The lowest BCUT2D eigenvalue weighted by molar-refractivity contribution is 0.0125. The maximum Gasteiger partial charge on any atom is 0.501 e. The molecule has 0 amide bonds. The van der Waals surface area contributed by atoms with Crippen molar-refractivity contribution in [1.29, 1.82) is 0 Å². The number of aromatic hydroxyl groups is 4. The van der Waals surface area contributed by atoms with Gasteiger partial charge in [0.2, 0.25) is 0 Å². The minimum absolute atomic E-state index is 0.100. The van der Waals surface area contributed by atoms with Crippen LogP contribution in [0.15, 0.2) is 97.1 Å². The highest BCUT2D eigenvalue weighted by Gasteiger charge is 2.50. The molecule has 0 saturated carbocycles. The van der Waals surface area contributed by atoms with Crippen molar-refractivity contribution in [2.75, 3.05) is 7.11 Å². The van der Waals surface area contributed by atoms with E-state index < -0.39 is 14.4 Å². The minimum Gasteiger partial charge on any atom is -0.508 e. The Labute approximate surface area is 217 Å². The average Bonchev–Trinajstić information content (AvgIpc) is 2.92. The Bertz CT molecular complexity index is 1170. The van der Waals surface area contributed by atoms with Crippen molar-refractivity contribution in [2.45, 2.75) is 25.2 Å². The third-order valence-electron chi connectivity index (χ3n) is 6.27. The maximum absolute atomic E-state index is 10.0. The summed E-state index contributed by atoms with van der Waals surface area (Å²) in [6.45, 7) is 2.13. The van der Waals surface area contributed by atoms with Crippen molar-refractivity contribution in [1.82, 2.24) is 0 Å². The largest absolute Gasteiger partial charge is 0.508 e. The van der Waals surface area contributed by atoms with E-state index in [-0.39, 0.29) is 29.6 Å². The molecule has 4 N–H and O–H groups in total. The molecule has 0 bridgehead atoms. The number of phenols is 4. The molecule has 8 heteroatoms. The van der Waals surface area contributed by atoms with Crippen LogP contribution >= 0.6 is 0 Å². The molecule has 37 heavy (non-hydrogen) atoms. The third-order valence-corrected chi connectivity index (χ3v) is 8.96. The van der Waals surface area contributed by atoms with Crippen LogP contribution < -0.4 is 0 Å². The average molecular weight is 519 g/mol. The van der Waals surface area contributed by atoms with E-state index in [1.54, 1.807) is 104 Å². The van der Waals surface area contributed by atoms with Gasteiger partial charge in [-0.3, -0.25) is 0 Å². The van der Waals surface area contributed by atoms with E-state index in [4.69, 9.17) is 13.3 Å². The molecule has 7 nitrogen and oxygen atoms in total. The van der Waals surface area contributed by atoms with Gasteiger partial charge in [-0.25, -0.2) is 0 Å². The first-order chi connectivity index (χ1) is 17.8. The zero-order valence-corrected chi connectivity index (χ0v) is 21.7. The molecular formula is C29H30O7Si. The topological polar surface area (TPSA) is 109 Å². The molecule has 192 valence electrons. The van der Waals surface area contributed by atoms with Crippen LogP contribution in [0.1, 0.15) is 29.2 Å². The van der Waals surface area contributed by atoms with E-state index in [1.807, 2.05) is 6.92 Å². The quantitative estimate of drug-likeness (QED) is 0.159. The van der Waals surface area contributed by atoms with E-state index in [0.29, 0.717) is 22.7 Å². The maximum atomic E-state index is 10.0. The number of phenolic OH excluding ortho intramolecular Hbond substituents is 4. The van der Waals surface area contributed by atoms with Crippen LogP contribution in [-0.2, 0) is 25.5 Å². The molecule has 0 heterocycles. The molecule has 4 aromatic carbocycles. The molecule has 0 spiro atoms. The Hall–Kier alpha value is -3.82. The Morgan fingerprint density at radius 2 is 0.946 bits per heavy atom. The van der Waals surface area contributed by atoms with Crippen LogP contribution in [-0.4, -0.2) is 36.3 Å². The Morgan fingerprint density at radius 3 is 1.27 bits per heavy atom. The van der Waals surface area contributed by atoms with E-state index in [9.17, 15) is 20.4 Å². The van der Waals surface area contributed by atoms with Crippen molar-refractivity contribution >= 4 is 8.80 Å². The minimum atomic E-state index is -3.41.